The standard InChI is InChI=1S/C23H25ClN2O4S/c1-4-28-18-12-16(11-17(24)21(18)30-13-15-9-7-6-8-10-15)20-19(22(27)29-5-2)14(3)25-23(31)26-20/h6-12,20H,4-5,13H2,1-3H3,(H2,25,26,31). The second kappa shape index (κ2) is 10.5. The average Bonchev–Trinajstić information content (AvgIpc) is 2.73. The molecule has 0 aliphatic carbocycles. The average molecular weight is 461 g/mol. The number of allylic oxidation sites excluding steroid dienone is 1. The number of thiocarbonyl (C=S) groups is 1. The predicted octanol–water partition coefficient (Wildman–Crippen LogP) is 4.67. The molecule has 1 aliphatic rings. The van der Waals surface area contributed by atoms with Crippen LogP contribution in [0.15, 0.2) is 53.7 Å². The summed E-state index contributed by atoms with van der Waals surface area (Å²) < 4.78 is 17.1. The van der Waals surface area contributed by atoms with Crippen LogP contribution in [0, 0.1) is 0 Å². The molecule has 0 fully saturated rings. The van der Waals surface area contributed by atoms with Crippen LogP contribution in [-0.2, 0) is 16.1 Å². The maximum absolute atomic E-state index is 12.6. The predicted molar refractivity (Wildman–Crippen MR) is 124 cm³/mol. The van der Waals surface area contributed by atoms with E-state index >= 15 is 0 Å². The first-order chi connectivity index (χ1) is 14.9. The van der Waals surface area contributed by atoms with Crippen molar-refractivity contribution in [1.29, 1.82) is 0 Å². The Morgan fingerprint density at radius 2 is 1.87 bits per heavy atom. The van der Waals surface area contributed by atoms with Crippen LogP contribution in [-0.4, -0.2) is 24.3 Å². The first kappa shape index (κ1) is 22.9. The van der Waals surface area contributed by atoms with Crippen molar-refractivity contribution < 1.29 is 19.0 Å². The Kier molecular flexibility index (Phi) is 7.76. The molecule has 31 heavy (non-hydrogen) atoms. The van der Waals surface area contributed by atoms with Crippen molar-refractivity contribution in [1.82, 2.24) is 10.6 Å². The summed E-state index contributed by atoms with van der Waals surface area (Å²) in [7, 11) is 0. The van der Waals surface area contributed by atoms with Gasteiger partial charge in [-0.25, -0.2) is 4.79 Å². The molecule has 1 heterocycles. The monoisotopic (exact) mass is 460 g/mol. The van der Waals surface area contributed by atoms with Crippen molar-refractivity contribution in [2.45, 2.75) is 33.4 Å². The molecule has 0 amide bonds. The molecule has 0 aromatic heterocycles. The molecule has 1 atom stereocenters. The largest absolute Gasteiger partial charge is 0.490 e. The number of rotatable bonds is 8. The molecule has 164 valence electrons. The third-order valence-corrected chi connectivity index (χ3v) is 5.16. The zero-order valence-electron chi connectivity index (χ0n) is 17.7. The van der Waals surface area contributed by atoms with Crippen LogP contribution in [0.3, 0.4) is 0 Å². The molecule has 2 aromatic carbocycles. The molecule has 0 radical (unpaired) electrons. The summed E-state index contributed by atoms with van der Waals surface area (Å²) in [5, 5.41) is 6.91. The van der Waals surface area contributed by atoms with Crippen LogP contribution in [0.5, 0.6) is 11.5 Å². The lowest BCUT2D eigenvalue weighted by Gasteiger charge is -2.30. The Hall–Kier alpha value is -2.77. The number of ether oxygens (including phenoxy) is 3. The third kappa shape index (κ3) is 5.48. The Labute approximate surface area is 192 Å². The normalized spacial score (nSPS) is 15.7. The van der Waals surface area contributed by atoms with Gasteiger partial charge in [0.15, 0.2) is 16.6 Å². The number of carbonyl (C=O) groups excluding carboxylic acids is 1. The van der Waals surface area contributed by atoms with Gasteiger partial charge in [-0.2, -0.15) is 0 Å². The van der Waals surface area contributed by atoms with Crippen molar-refractivity contribution in [3.05, 3.63) is 69.9 Å². The topological polar surface area (TPSA) is 68.8 Å². The Bertz CT molecular complexity index is 995. The summed E-state index contributed by atoms with van der Waals surface area (Å²) in [6.07, 6.45) is 0. The highest BCUT2D eigenvalue weighted by Gasteiger charge is 2.32. The van der Waals surface area contributed by atoms with E-state index in [-0.39, 0.29) is 6.61 Å². The molecule has 0 spiro atoms. The molecule has 2 N–H and O–H groups in total. The summed E-state index contributed by atoms with van der Waals surface area (Å²) in [4.78, 5) is 12.6. The molecule has 1 unspecified atom stereocenters. The minimum Gasteiger partial charge on any atom is -0.490 e. The number of benzene rings is 2. The van der Waals surface area contributed by atoms with E-state index in [1.54, 1.807) is 19.9 Å². The van der Waals surface area contributed by atoms with Crippen LogP contribution >= 0.6 is 23.8 Å². The van der Waals surface area contributed by atoms with Gasteiger partial charge in [-0.1, -0.05) is 41.9 Å². The van der Waals surface area contributed by atoms with Crippen molar-refractivity contribution in [2.75, 3.05) is 13.2 Å². The van der Waals surface area contributed by atoms with E-state index in [9.17, 15) is 4.79 Å². The summed E-state index contributed by atoms with van der Waals surface area (Å²) >= 11 is 11.9. The van der Waals surface area contributed by atoms with Gasteiger partial charge in [0.05, 0.1) is 29.9 Å². The zero-order chi connectivity index (χ0) is 22.4. The number of nitrogens with one attached hydrogen (secondary N) is 2. The number of esters is 1. The summed E-state index contributed by atoms with van der Waals surface area (Å²) in [6, 6.07) is 12.8. The first-order valence-electron chi connectivity index (χ1n) is 10.0. The van der Waals surface area contributed by atoms with E-state index in [0.717, 1.165) is 5.56 Å². The van der Waals surface area contributed by atoms with E-state index < -0.39 is 12.0 Å². The maximum atomic E-state index is 12.6. The second-order valence-electron chi connectivity index (χ2n) is 6.83. The van der Waals surface area contributed by atoms with E-state index in [1.165, 1.54) is 0 Å². The number of carbonyl (C=O) groups is 1. The molecule has 8 heteroatoms. The lowest BCUT2D eigenvalue weighted by atomic mass is 9.95. The Morgan fingerprint density at radius 1 is 1.13 bits per heavy atom. The smallest absolute Gasteiger partial charge is 0.338 e. The highest BCUT2D eigenvalue weighted by Crippen LogP contribution is 2.40. The van der Waals surface area contributed by atoms with Gasteiger partial charge >= 0.3 is 5.97 Å². The van der Waals surface area contributed by atoms with Crippen LogP contribution < -0.4 is 20.1 Å². The minimum atomic E-state index is -0.535. The van der Waals surface area contributed by atoms with E-state index in [1.807, 2.05) is 43.3 Å². The van der Waals surface area contributed by atoms with Crippen molar-refractivity contribution in [3.63, 3.8) is 0 Å². The van der Waals surface area contributed by atoms with Gasteiger partial charge in [0.25, 0.3) is 0 Å². The zero-order valence-corrected chi connectivity index (χ0v) is 19.2. The fourth-order valence-electron chi connectivity index (χ4n) is 3.31. The van der Waals surface area contributed by atoms with Gasteiger partial charge < -0.3 is 24.8 Å². The van der Waals surface area contributed by atoms with Crippen molar-refractivity contribution >= 4 is 34.9 Å². The Morgan fingerprint density at radius 3 is 2.55 bits per heavy atom. The molecule has 0 saturated heterocycles. The number of hydrogen-bond donors (Lipinski definition) is 2. The lowest BCUT2D eigenvalue weighted by molar-refractivity contribution is -0.139. The highest BCUT2D eigenvalue weighted by molar-refractivity contribution is 7.80. The van der Waals surface area contributed by atoms with Crippen molar-refractivity contribution in [2.24, 2.45) is 0 Å². The fourth-order valence-corrected chi connectivity index (χ4v) is 3.86. The molecule has 2 aromatic rings. The fraction of sp³-hybridized carbons (Fsp3) is 0.304. The van der Waals surface area contributed by atoms with Gasteiger partial charge in [0.1, 0.15) is 6.61 Å². The van der Waals surface area contributed by atoms with Crippen LogP contribution in [0.2, 0.25) is 5.02 Å². The minimum absolute atomic E-state index is 0.268. The van der Waals surface area contributed by atoms with Crippen molar-refractivity contribution in [3.8, 4) is 11.5 Å². The summed E-state index contributed by atoms with van der Waals surface area (Å²) in [5.41, 5.74) is 2.79. The van der Waals surface area contributed by atoms with Gasteiger partial charge in [-0.15, -0.1) is 0 Å². The lowest BCUT2D eigenvalue weighted by Crippen LogP contribution is -2.45. The molecule has 0 bridgehead atoms. The Balaban J connectivity index is 1.97. The van der Waals surface area contributed by atoms with Gasteiger partial charge in [0, 0.05) is 5.70 Å². The molecule has 0 saturated carbocycles. The van der Waals surface area contributed by atoms with Crippen LogP contribution in [0.4, 0.5) is 0 Å². The van der Waals surface area contributed by atoms with E-state index in [2.05, 4.69) is 10.6 Å². The summed E-state index contributed by atoms with van der Waals surface area (Å²) in [6.45, 7) is 6.48. The van der Waals surface area contributed by atoms with E-state index in [0.29, 0.717) is 51.7 Å². The van der Waals surface area contributed by atoms with Crippen LogP contribution in [0.1, 0.15) is 37.9 Å². The molecular formula is C23H25ClN2O4S. The SMILES string of the molecule is CCOC(=O)C1=C(C)NC(=S)NC1c1cc(Cl)c(OCc2ccccc2)c(OCC)c1. The number of halogens is 1. The van der Waals surface area contributed by atoms with Gasteiger partial charge in [0.2, 0.25) is 0 Å². The number of hydrogen-bond acceptors (Lipinski definition) is 5. The molecule has 1 aliphatic heterocycles. The maximum Gasteiger partial charge on any atom is 0.338 e. The highest BCUT2D eigenvalue weighted by atomic mass is 35.5. The van der Waals surface area contributed by atoms with Gasteiger partial charge in [-0.3, -0.25) is 0 Å². The van der Waals surface area contributed by atoms with Gasteiger partial charge in [-0.05, 0) is 56.2 Å². The first-order valence-corrected chi connectivity index (χ1v) is 10.8. The van der Waals surface area contributed by atoms with Crippen LogP contribution in [0.25, 0.3) is 0 Å². The third-order valence-electron chi connectivity index (χ3n) is 4.66. The quantitative estimate of drug-likeness (QED) is 0.438. The second-order valence-corrected chi connectivity index (χ2v) is 7.64. The molecular weight excluding hydrogens is 436 g/mol. The van der Waals surface area contributed by atoms with E-state index in [4.69, 9.17) is 38.0 Å². The summed E-state index contributed by atoms with van der Waals surface area (Å²) in [5.74, 6) is 0.519. The molecule has 6 nitrogen and oxygen atoms in total. The molecule has 3 rings (SSSR count).